The molecule has 2 aromatic carbocycles. The van der Waals surface area contributed by atoms with Crippen LogP contribution in [0.2, 0.25) is 0 Å². The van der Waals surface area contributed by atoms with E-state index >= 15 is 0 Å². The molecule has 144 valence electrons. The van der Waals surface area contributed by atoms with Crippen molar-refractivity contribution < 1.29 is 19.4 Å². The summed E-state index contributed by atoms with van der Waals surface area (Å²) in [4.78, 5) is 26.1. The molecule has 1 unspecified atom stereocenters. The van der Waals surface area contributed by atoms with Crippen molar-refractivity contribution in [3.63, 3.8) is 0 Å². The SMILES string of the molecule is O=C(OCC1c2ccccc2-c2ccccc21)N1CCC(C(=O)O)(C2CC2)C1. The summed E-state index contributed by atoms with van der Waals surface area (Å²) in [5.74, 6) is -0.549. The molecule has 2 fully saturated rings. The van der Waals surface area contributed by atoms with Gasteiger partial charge in [0.1, 0.15) is 6.61 Å². The number of aliphatic carboxylic acids is 1. The van der Waals surface area contributed by atoms with Crippen LogP contribution in [0, 0.1) is 11.3 Å². The van der Waals surface area contributed by atoms with Crippen molar-refractivity contribution in [2.45, 2.75) is 25.2 Å². The van der Waals surface area contributed by atoms with E-state index in [4.69, 9.17) is 4.74 Å². The molecule has 3 aliphatic rings. The van der Waals surface area contributed by atoms with E-state index < -0.39 is 17.5 Å². The standard InChI is InChI=1S/C23H23NO4/c25-21(26)23(15-9-10-15)11-12-24(14-23)22(27)28-13-20-18-7-3-1-5-16(18)17-6-2-4-8-19(17)20/h1-8,15,20H,9-14H2,(H,25,26). The van der Waals surface area contributed by atoms with E-state index in [0.717, 1.165) is 12.8 Å². The molecule has 1 N–H and O–H groups in total. The van der Waals surface area contributed by atoms with Gasteiger partial charge in [-0.25, -0.2) is 4.79 Å². The van der Waals surface area contributed by atoms with Crippen molar-refractivity contribution in [1.29, 1.82) is 0 Å². The van der Waals surface area contributed by atoms with Crippen molar-refractivity contribution in [3.8, 4) is 11.1 Å². The topological polar surface area (TPSA) is 66.8 Å². The van der Waals surface area contributed by atoms with Gasteiger partial charge in [-0.05, 0) is 47.4 Å². The van der Waals surface area contributed by atoms with Gasteiger partial charge in [0, 0.05) is 19.0 Å². The van der Waals surface area contributed by atoms with Gasteiger partial charge in [0.2, 0.25) is 0 Å². The second-order valence-corrected chi connectivity index (χ2v) is 8.21. The zero-order valence-corrected chi connectivity index (χ0v) is 15.6. The minimum Gasteiger partial charge on any atom is -0.481 e. The Morgan fingerprint density at radius 3 is 2.21 bits per heavy atom. The molecule has 1 amide bonds. The van der Waals surface area contributed by atoms with Crippen molar-refractivity contribution in [1.82, 2.24) is 4.90 Å². The maximum absolute atomic E-state index is 12.7. The third kappa shape index (κ3) is 2.60. The number of carbonyl (C=O) groups excluding carboxylic acids is 1. The Hall–Kier alpha value is -2.82. The molecule has 2 aromatic rings. The van der Waals surface area contributed by atoms with Crippen LogP contribution in [0.1, 0.15) is 36.3 Å². The second-order valence-electron chi connectivity index (χ2n) is 8.21. The highest BCUT2D eigenvalue weighted by Gasteiger charge is 2.55. The molecule has 5 rings (SSSR count). The molecule has 1 heterocycles. The normalized spacial score (nSPS) is 23.4. The van der Waals surface area contributed by atoms with E-state index in [1.165, 1.54) is 22.3 Å². The Bertz CT molecular complexity index is 906. The van der Waals surface area contributed by atoms with Crippen molar-refractivity contribution in [2.75, 3.05) is 19.7 Å². The Morgan fingerprint density at radius 1 is 1.04 bits per heavy atom. The highest BCUT2D eigenvalue weighted by molar-refractivity contribution is 5.80. The Morgan fingerprint density at radius 2 is 1.64 bits per heavy atom. The number of rotatable bonds is 4. The summed E-state index contributed by atoms with van der Waals surface area (Å²) in [5, 5.41) is 9.72. The third-order valence-electron chi connectivity index (χ3n) is 6.68. The number of ether oxygens (including phenoxy) is 1. The van der Waals surface area contributed by atoms with Crippen LogP contribution in [-0.2, 0) is 9.53 Å². The summed E-state index contributed by atoms with van der Waals surface area (Å²) in [6, 6.07) is 16.5. The van der Waals surface area contributed by atoms with Gasteiger partial charge in [-0.15, -0.1) is 0 Å². The van der Waals surface area contributed by atoms with Gasteiger partial charge in [0.05, 0.1) is 5.41 Å². The summed E-state index contributed by atoms with van der Waals surface area (Å²) in [6.45, 7) is 0.996. The number of amides is 1. The van der Waals surface area contributed by atoms with Crippen LogP contribution < -0.4 is 0 Å². The van der Waals surface area contributed by atoms with Crippen LogP contribution in [0.3, 0.4) is 0 Å². The largest absolute Gasteiger partial charge is 0.481 e. The fourth-order valence-corrected chi connectivity index (χ4v) is 4.99. The molecule has 0 spiro atoms. The predicted octanol–water partition coefficient (Wildman–Crippen LogP) is 4.12. The van der Waals surface area contributed by atoms with Crippen LogP contribution in [0.5, 0.6) is 0 Å². The van der Waals surface area contributed by atoms with Crippen LogP contribution in [0.25, 0.3) is 11.1 Å². The maximum atomic E-state index is 12.7. The molecule has 0 radical (unpaired) electrons. The van der Waals surface area contributed by atoms with Crippen molar-refractivity contribution in [2.24, 2.45) is 11.3 Å². The lowest BCUT2D eigenvalue weighted by atomic mass is 9.82. The average molecular weight is 377 g/mol. The van der Waals surface area contributed by atoms with E-state index in [2.05, 4.69) is 24.3 Å². The first-order valence-corrected chi connectivity index (χ1v) is 9.93. The van der Waals surface area contributed by atoms with Gasteiger partial charge in [0.25, 0.3) is 0 Å². The lowest BCUT2D eigenvalue weighted by Crippen LogP contribution is -2.39. The zero-order chi connectivity index (χ0) is 19.3. The fraction of sp³-hybridized carbons (Fsp3) is 0.391. The van der Waals surface area contributed by atoms with Gasteiger partial charge in [-0.1, -0.05) is 48.5 Å². The minimum absolute atomic E-state index is 0.0200. The number of carboxylic acid groups (broad SMARTS) is 1. The first-order chi connectivity index (χ1) is 13.6. The quantitative estimate of drug-likeness (QED) is 0.870. The van der Waals surface area contributed by atoms with Gasteiger partial charge < -0.3 is 14.7 Å². The Labute approximate surface area is 163 Å². The number of fused-ring (bicyclic) bond motifs is 3. The van der Waals surface area contributed by atoms with Crippen LogP contribution in [-0.4, -0.2) is 41.8 Å². The number of carbonyl (C=O) groups is 2. The molecular weight excluding hydrogens is 354 g/mol. The van der Waals surface area contributed by atoms with Crippen molar-refractivity contribution >= 4 is 12.1 Å². The maximum Gasteiger partial charge on any atom is 0.409 e. The highest BCUT2D eigenvalue weighted by atomic mass is 16.6. The fourth-order valence-electron chi connectivity index (χ4n) is 4.99. The van der Waals surface area contributed by atoms with E-state index in [0.29, 0.717) is 13.0 Å². The highest BCUT2D eigenvalue weighted by Crippen LogP contribution is 2.51. The first-order valence-electron chi connectivity index (χ1n) is 9.93. The zero-order valence-electron chi connectivity index (χ0n) is 15.6. The predicted molar refractivity (Wildman–Crippen MR) is 104 cm³/mol. The summed E-state index contributed by atoms with van der Waals surface area (Å²) in [7, 11) is 0. The smallest absolute Gasteiger partial charge is 0.409 e. The van der Waals surface area contributed by atoms with Crippen LogP contribution in [0.4, 0.5) is 4.79 Å². The number of benzene rings is 2. The second kappa shape index (κ2) is 6.36. The molecule has 5 nitrogen and oxygen atoms in total. The van der Waals surface area contributed by atoms with Gasteiger partial charge in [-0.2, -0.15) is 0 Å². The molecule has 1 aliphatic heterocycles. The molecule has 2 aliphatic carbocycles. The van der Waals surface area contributed by atoms with E-state index in [9.17, 15) is 14.7 Å². The summed E-state index contributed by atoms with van der Waals surface area (Å²) in [6.07, 6.45) is 2.03. The molecular formula is C23H23NO4. The molecule has 1 saturated carbocycles. The van der Waals surface area contributed by atoms with E-state index in [-0.39, 0.29) is 25.0 Å². The molecule has 1 atom stereocenters. The Kier molecular flexibility index (Phi) is 3.93. The third-order valence-corrected chi connectivity index (χ3v) is 6.68. The summed E-state index contributed by atoms with van der Waals surface area (Å²) in [5.41, 5.74) is 3.97. The number of carboxylic acids is 1. The van der Waals surface area contributed by atoms with Crippen LogP contribution >= 0.6 is 0 Å². The van der Waals surface area contributed by atoms with Gasteiger partial charge >= 0.3 is 12.1 Å². The summed E-state index contributed by atoms with van der Waals surface area (Å²) < 4.78 is 5.69. The number of hydrogen-bond acceptors (Lipinski definition) is 3. The first kappa shape index (κ1) is 17.3. The summed E-state index contributed by atoms with van der Waals surface area (Å²) >= 11 is 0. The monoisotopic (exact) mass is 377 g/mol. The van der Waals surface area contributed by atoms with E-state index in [1.54, 1.807) is 4.90 Å². The number of nitrogens with zero attached hydrogens (tertiary/aromatic N) is 1. The lowest BCUT2D eigenvalue weighted by Gasteiger charge is -2.24. The van der Waals surface area contributed by atoms with Crippen LogP contribution in [0.15, 0.2) is 48.5 Å². The molecule has 1 saturated heterocycles. The van der Waals surface area contributed by atoms with E-state index in [1.807, 2.05) is 24.3 Å². The number of hydrogen-bond donors (Lipinski definition) is 1. The number of likely N-dealkylation sites (tertiary alicyclic amines) is 1. The van der Waals surface area contributed by atoms with Gasteiger partial charge in [-0.3, -0.25) is 4.79 Å². The van der Waals surface area contributed by atoms with Gasteiger partial charge in [0.15, 0.2) is 0 Å². The molecule has 0 aromatic heterocycles. The molecule has 0 bridgehead atoms. The average Bonchev–Trinajstić information content (AvgIpc) is 3.38. The molecule has 28 heavy (non-hydrogen) atoms. The lowest BCUT2D eigenvalue weighted by molar-refractivity contribution is -0.149. The van der Waals surface area contributed by atoms with Crippen molar-refractivity contribution in [3.05, 3.63) is 59.7 Å². The minimum atomic E-state index is -0.774. The molecule has 5 heteroatoms. The Balaban J connectivity index is 1.31.